The fourth-order valence-electron chi connectivity index (χ4n) is 3.82. The van der Waals surface area contributed by atoms with Gasteiger partial charge in [0.2, 0.25) is 0 Å². The van der Waals surface area contributed by atoms with Crippen LogP contribution in [-0.2, 0) is 5.41 Å². The number of halogens is 2. The molecule has 0 saturated carbocycles. The Balaban J connectivity index is 1.91. The smallest absolute Gasteiger partial charge is 0.135 e. The average Bonchev–Trinajstić information content (AvgIpc) is 2.74. The van der Waals surface area contributed by atoms with Crippen molar-refractivity contribution in [3.63, 3.8) is 0 Å². The van der Waals surface area contributed by atoms with Crippen molar-refractivity contribution in [2.75, 3.05) is 0 Å². The number of pyridine rings is 2. The Morgan fingerprint density at radius 3 is 1.97 bits per heavy atom. The summed E-state index contributed by atoms with van der Waals surface area (Å²) in [5.41, 5.74) is 4.59. The van der Waals surface area contributed by atoms with Crippen molar-refractivity contribution in [3.8, 4) is 33.6 Å². The van der Waals surface area contributed by atoms with Gasteiger partial charge in [0.25, 0.3) is 0 Å². The van der Waals surface area contributed by atoms with Gasteiger partial charge in [-0.25, -0.2) is 8.78 Å². The quantitative estimate of drug-likeness (QED) is 0.351. The molecule has 4 aromatic rings. The van der Waals surface area contributed by atoms with E-state index in [0.29, 0.717) is 16.8 Å². The maximum atomic E-state index is 14.7. The van der Waals surface area contributed by atoms with Crippen LogP contribution >= 0.6 is 0 Å². The summed E-state index contributed by atoms with van der Waals surface area (Å²) in [4.78, 5) is 9.62. The van der Waals surface area contributed by atoms with Gasteiger partial charge >= 0.3 is 0 Å². The zero-order valence-electron chi connectivity index (χ0n) is 16.1. The molecule has 0 radical (unpaired) electrons. The summed E-state index contributed by atoms with van der Waals surface area (Å²) in [5, 5.41) is 0. The first-order valence-electron chi connectivity index (χ1n) is 9.49. The Morgan fingerprint density at radius 1 is 0.621 bits per heavy atom. The molecule has 8 bridgehead atoms. The van der Waals surface area contributed by atoms with Gasteiger partial charge in [-0.1, -0.05) is 30.3 Å². The Hall–Kier alpha value is -3.40. The maximum absolute atomic E-state index is 14.7. The number of benzene rings is 2. The standard InChI is InChI=1S/C25H18F2N2/c1-25(2)23-10-4-8-21(28-23)16-7-3-6-15(12-16)17-13-18(20(27)14-19(17)26)22-9-5-11-24(25)29-22/h3-14H,1-2H3. The lowest BCUT2D eigenvalue weighted by atomic mass is 9.84. The lowest BCUT2D eigenvalue weighted by Gasteiger charge is -2.24. The van der Waals surface area contributed by atoms with Crippen LogP contribution in [0.25, 0.3) is 33.6 Å². The van der Waals surface area contributed by atoms with E-state index in [9.17, 15) is 8.78 Å². The van der Waals surface area contributed by atoms with Crippen LogP contribution in [0.2, 0.25) is 0 Å². The van der Waals surface area contributed by atoms with Crippen LogP contribution < -0.4 is 0 Å². The fourth-order valence-corrected chi connectivity index (χ4v) is 3.82. The van der Waals surface area contributed by atoms with Crippen molar-refractivity contribution in [1.29, 1.82) is 0 Å². The van der Waals surface area contributed by atoms with Crippen LogP contribution in [0.1, 0.15) is 25.2 Å². The van der Waals surface area contributed by atoms with Crippen LogP contribution in [-0.4, -0.2) is 9.97 Å². The van der Waals surface area contributed by atoms with Gasteiger partial charge in [-0.05, 0) is 55.8 Å². The Kier molecular flexibility index (Phi) is 3.85. The van der Waals surface area contributed by atoms with Crippen molar-refractivity contribution in [2.45, 2.75) is 19.3 Å². The number of nitrogens with zero attached hydrogens (tertiary/aromatic N) is 2. The lowest BCUT2D eigenvalue weighted by molar-refractivity contribution is 0.585. The van der Waals surface area contributed by atoms with E-state index in [-0.39, 0.29) is 5.56 Å². The van der Waals surface area contributed by atoms with Gasteiger partial charge in [-0.15, -0.1) is 0 Å². The van der Waals surface area contributed by atoms with Crippen LogP contribution in [0.5, 0.6) is 0 Å². The Bertz CT molecular complexity index is 1260. The molecule has 0 saturated heterocycles. The van der Waals surface area contributed by atoms with Crippen molar-refractivity contribution >= 4 is 0 Å². The molecule has 0 amide bonds. The van der Waals surface area contributed by atoms with Gasteiger partial charge in [-0.3, -0.25) is 9.97 Å². The molecule has 142 valence electrons. The SMILES string of the molecule is CC1(C)c2cccc(n2)-c2cccc(c2)-c2cc(c(F)cc2F)-c2cccc1n2. The molecule has 0 unspecified atom stereocenters. The first-order chi connectivity index (χ1) is 13.9. The summed E-state index contributed by atoms with van der Waals surface area (Å²) in [6.07, 6.45) is 0. The molecule has 2 nitrogen and oxygen atoms in total. The highest BCUT2D eigenvalue weighted by Crippen LogP contribution is 2.36. The first-order valence-corrected chi connectivity index (χ1v) is 9.49. The average molecular weight is 384 g/mol. The van der Waals surface area contributed by atoms with Crippen molar-refractivity contribution in [2.24, 2.45) is 0 Å². The van der Waals surface area contributed by atoms with E-state index in [1.165, 1.54) is 0 Å². The molecule has 2 aromatic carbocycles. The lowest BCUT2D eigenvalue weighted by Crippen LogP contribution is -2.22. The molecular formula is C25H18F2N2. The highest BCUT2D eigenvalue weighted by atomic mass is 19.1. The minimum atomic E-state index is -0.626. The molecule has 5 rings (SSSR count). The molecular weight excluding hydrogens is 366 g/mol. The van der Waals surface area contributed by atoms with Gasteiger partial charge in [0, 0.05) is 28.2 Å². The molecule has 4 heteroatoms. The van der Waals surface area contributed by atoms with Gasteiger partial charge in [0.15, 0.2) is 0 Å². The van der Waals surface area contributed by atoms with E-state index in [1.807, 2.05) is 68.4 Å². The molecule has 3 heterocycles. The molecule has 0 N–H and O–H groups in total. The summed E-state index contributed by atoms with van der Waals surface area (Å²) in [6, 6.07) is 21.4. The molecule has 29 heavy (non-hydrogen) atoms. The second kappa shape index (κ2) is 6.31. The summed E-state index contributed by atoms with van der Waals surface area (Å²) in [6.45, 7) is 4.10. The summed E-state index contributed by atoms with van der Waals surface area (Å²) in [5.74, 6) is -1.23. The van der Waals surface area contributed by atoms with Gasteiger partial charge in [0.05, 0.1) is 22.8 Å². The van der Waals surface area contributed by atoms with E-state index in [4.69, 9.17) is 9.97 Å². The first kappa shape index (κ1) is 17.7. The van der Waals surface area contributed by atoms with Crippen LogP contribution in [0, 0.1) is 11.6 Å². The van der Waals surface area contributed by atoms with Crippen LogP contribution in [0.4, 0.5) is 8.78 Å². The predicted molar refractivity (Wildman–Crippen MR) is 110 cm³/mol. The predicted octanol–water partition coefficient (Wildman–Crippen LogP) is 6.40. The van der Waals surface area contributed by atoms with Crippen molar-refractivity contribution < 1.29 is 8.78 Å². The second-order valence-corrected chi connectivity index (χ2v) is 7.83. The zero-order chi connectivity index (χ0) is 20.2. The van der Waals surface area contributed by atoms with E-state index in [2.05, 4.69) is 0 Å². The largest absolute Gasteiger partial charge is 0.252 e. The molecule has 1 aliphatic heterocycles. The van der Waals surface area contributed by atoms with E-state index >= 15 is 0 Å². The number of aromatic nitrogens is 2. The molecule has 2 aromatic heterocycles. The Labute approximate surface area is 167 Å². The molecule has 0 atom stereocenters. The van der Waals surface area contributed by atoms with E-state index in [0.717, 1.165) is 28.7 Å². The number of hydrogen-bond acceptors (Lipinski definition) is 2. The topological polar surface area (TPSA) is 25.8 Å². The van der Waals surface area contributed by atoms with Crippen LogP contribution in [0.15, 0.2) is 72.8 Å². The number of rotatable bonds is 0. The third-order valence-electron chi connectivity index (χ3n) is 5.58. The van der Waals surface area contributed by atoms with E-state index < -0.39 is 17.0 Å². The molecule has 0 aliphatic carbocycles. The van der Waals surface area contributed by atoms with Gasteiger partial charge < -0.3 is 0 Å². The third kappa shape index (κ3) is 2.83. The molecule has 0 spiro atoms. The van der Waals surface area contributed by atoms with Crippen molar-refractivity contribution in [3.05, 3.63) is 95.8 Å². The number of fused-ring (bicyclic) bond motifs is 11. The fraction of sp³-hybridized carbons (Fsp3) is 0.120. The normalized spacial score (nSPS) is 13.8. The second-order valence-electron chi connectivity index (χ2n) is 7.83. The monoisotopic (exact) mass is 384 g/mol. The zero-order valence-corrected chi connectivity index (χ0v) is 16.1. The van der Waals surface area contributed by atoms with E-state index in [1.54, 1.807) is 12.1 Å². The third-order valence-corrected chi connectivity index (χ3v) is 5.58. The van der Waals surface area contributed by atoms with Gasteiger partial charge in [0.1, 0.15) is 11.6 Å². The minimum absolute atomic E-state index is 0.281. The molecule has 0 fully saturated rings. The van der Waals surface area contributed by atoms with Gasteiger partial charge in [-0.2, -0.15) is 0 Å². The van der Waals surface area contributed by atoms with Crippen molar-refractivity contribution in [1.82, 2.24) is 9.97 Å². The van der Waals surface area contributed by atoms with Crippen LogP contribution in [0.3, 0.4) is 0 Å². The highest BCUT2D eigenvalue weighted by Gasteiger charge is 2.28. The highest BCUT2D eigenvalue weighted by molar-refractivity contribution is 5.76. The summed E-state index contributed by atoms with van der Waals surface area (Å²) < 4.78 is 29.4. The molecule has 1 aliphatic rings. The minimum Gasteiger partial charge on any atom is -0.252 e. The number of hydrogen-bond donors (Lipinski definition) is 0. The summed E-state index contributed by atoms with van der Waals surface area (Å²) >= 11 is 0. The Morgan fingerprint density at radius 2 is 1.21 bits per heavy atom. The maximum Gasteiger partial charge on any atom is 0.135 e. The summed E-state index contributed by atoms with van der Waals surface area (Å²) in [7, 11) is 0.